The fourth-order valence-corrected chi connectivity index (χ4v) is 2.89. The second kappa shape index (κ2) is 5.09. The highest BCUT2D eigenvalue weighted by atomic mass is 32.2. The Morgan fingerprint density at radius 1 is 1.29 bits per heavy atom. The minimum atomic E-state index is -3.14. The van der Waals surface area contributed by atoms with Crippen molar-refractivity contribution in [1.82, 2.24) is 4.72 Å². The van der Waals surface area contributed by atoms with Gasteiger partial charge in [0.2, 0.25) is 10.0 Å². The van der Waals surface area contributed by atoms with E-state index in [0.29, 0.717) is 0 Å². The van der Waals surface area contributed by atoms with Gasteiger partial charge in [0.15, 0.2) is 0 Å². The average molecular weight is 221 g/mol. The number of nitrogens with one attached hydrogen (secondary N) is 1. The molecule has 1 fully saturated rings. The standard InChI is InChI=1S/C9H19NO3S/c1-14(12,13)10-9-6-4-2-3-5-8(9)7-11/h8-11H,2-7H2,1H3. The number of rotatable bonds is 3. The molecule has 0 aromatic heterocycles. The van der Waals surface area contributed by atoms with Gasteiger partial charge in [0.05, 0.1) is 6.26 Å². The van der Waals surface area contributed by atoms with E-state index in [4.69, 9.17) is 5.11 Å². The van der Waals surface area contributed by atoms with Gasteiger partial charge in [-0.25, -0.2) is 13.1 Å². The van der Waals surface area contributed by atoms with Crippen LogP contribution in [0.5, 0.6) is 0 Å². The molecule has 0 amide bonds. The molecule has 84 valence electrons. The summed E-state index contributed by atoms with van der Waals surface area (Å²) in [6.07, 6.45) is 6.21. The molecule has 1 rings (SSSR count). The number of sulfonamides is 1. The highest BCUT2D eigenvalue weighted by Crippen LogP contribution is 2.23. The van der Waals surface area contributed by atoms with E-state index in [0.717, 1.165) is 32.1 Å². The Hall–Kier alpha value is -0.130. The van der Waals surface area contributed by atoms with Crippen LogP contribution in [-0.2, 0) is 10.0 Å². The Labute approximate surface area is 85.8 Å². The minimum Gasteiger partial charge on any atom is -0.396 e. The first-order valence-electron chi connectivity index (χ1n) is 5.11. The first kappa shape index (κ1) is 11.9. The van der Waals surface area contributed by atoms with Crippen molar-refractivity contribution < 1.29 is 13.5 Å². The summed E-state index contributed by atoms with van der Waals surface area (Å²) in [6, 6.07) is -0.0718. The third-order valence-corrected chi connectivity index (χ3v) is 3.49. The summed E-state index contributed by atoms with van der Waals surface area (Å²) in [5.74, 6) is 0.0900. The summed E-state index contributed by atoms with van der Waals surface area (Å²) in [6.45, 7) is 0.0766. The molecule has 0 spiro atoms. The lowest BCUT2D eigenvalue weighted by atomic mass is 9.97. The Balaban J connectivity index is 2.61. The molecule has 0 bridgehead atoms. The van der Waals surface area contributed by atoms with E-state index in [1.807, 2.05) is 0 Å². The zero-order valence-corrected chi connectivity index (χ0v) is 9.39. The molecular formula is C9H19NO3S. The van der Waals surface area contributed by atoms with E-state index in [1.165, 1.54) is 6.26 Å². The predicted octanol–water partition coefficient (Wildman–Crippen LogP) is 0.477. The number of aliphatic hydroxyl groups excluding tert-OH is 1. The summed E-state index contributed by atoms with van der Waals surface area (Å²) in [5.41, 5.74) is 0. The van der Waals surface area contributed by atoms with Crippen LogP contribution in [0, 0.1) is 5.92 Å². The average Bonchev–Trinajstić information content (AvgIpc) is 2.27. The molecule has 2 unspecified atom stereocenters. The molecule has 0 heterocycles. The smallest absolute Gasteiger partial charge is 0.208 e. The van der Waals surface area contributed by atoms with Crippen molar-refractivity contribution in [2.45, 2.75) is 38.1 Å². The molecule has 1 saturated carbocycles. The first-order valence-corrected chi connectivity index (χ1v) is 7.00. The molecule has 0 radical (unpaired) electrons. The molecule has 5 heteroatoms. The van der Waals surface area contributed by atoms with Crippen LogP contribution in [-0.4, -0.2) is 32.4 Å². The summed E-state index contributed by atoms with van der Waals surface area (Å²) in [4.78, 5) is 0. The lowest BCUT2D eigenvalue weighted by molar-refractivity contribution is 0.191. The fourth-order valence-electron chi connectivity index (χ4n) is 2.03. The van der Waals surface area contributed by atoms with E-state index in [-0.39, 0.29) is 18.6 Å². The Bertz CT molecular complexity index is 263. The van der Waals surface area contributed by atoms with Crippen molar-refractivity contribution in [1.29, 1.82) is 0 Å². The van der Waals surface area contributed by atoms with Gasteiger partial charge in [0.1, 0.15) is 0 Å². The van der Waals surface area contributed by atoms with Gasteiger partial charge in [-0.1, -0.05) is 19.3 Å². The Kier molecular flexibility index (Phi) is 4.34. The fraction of sp³-hybridized carbons (Fsp3) is 1.00. The van der Waals surface area contributed by atoms with Gasteiger partial charge in [-0.05, 0) is 18.8 Å². The van der Waals surface area contributed by atoms with E-state index < -0.39 is 10.0 Å². The second-order valence-corrected chi connectivity index (χ2v) is 5.86. The molecule has 0 aliphatic heterocycles. The molecule has 4 nitrogen and oxygen atoms in total. The van der Waals surface area contributed by atoms with Crippen LogP contribution < -0.4 is 4.72 Å². The molecule has 1 aliphatic carbocycles. The third-order valence-electron chi connectivity index (χ3n) is 2.76. The maximum Gasteiger partial charge on any atom is 0.208 e. The van der Waals surface area contributed by atoms with Crippen molar-refractivity contribution >= 4 is 10.0 Å². The minimum absolute atomic E-state index is 0.0718. The highest BCUT2D eigenvalue weighted by Gasteiger charge is 2.25. The van der Waals surface area contributed by atoms with Gasteiger partial charge in [-0.3, -0.25) is 0 Å². The van der Waals surface area contributed by atoms with Gasteiger partial charge in [-0.15, -0.1) is 0 Å². The number of hydrogen-bond acceptors (Lipinski definition) is 3. The summed E-state index contributed by atoms with van der Waals surface area (Å²) >= 11 is 0. The summed E-state index contributed by atoms with van der Waals surface area (Å²) in [7, 11) is -3.14. The molecule has 0 saturated heterocycles. The van der Waals surface area contributed by atoms with Crippen LogP contribution in [0.1, 0.15) is 32.1 Å². The Morgan fingerprint density at radius 3 is 2.50 bits per heavy atom. The normalized spacial score (nSPS) is 29.9. The third kappa shape index (κ3) is 3.94. The van der Waals surface area contributed by atoms with Gasteiger partial charge >= 0.3 is 0 Å². The SMILES string of the molecule is CS(=O)(=O)NC1CCCCCC1CO. The lowest BCUT2D eigenvalue weighted by Crippen LogP contribution is -2.40. The predicted molar refractivity (Wildman–Crippen MR) is 55.4 cm³/mol. The van der Waals surface area contributed by atoms with Gasteiger partial charge in [0.25, 0.3) is 0 Å². The van der Waals surface area contributed by atoms with Crippen molar-refractivity contribution in [2.75, 3.05) is 12.9 Å². The molecule has 0 aromatic carbocycles. The van der Waals surface area contributed by atoms with Gasteiger partial charge in [-0.2, -0.15) is 0 Å². The van der Waals surface area contributed by atoms with E-state index in [1.54, 1.807) is 0 Å². The van der Waals surface area contributed by atoms with Crippen LogP contribution in [0.3, 0.4) is 0 Å². The molecule has 0 aromatic rings. The largest absolute Gasteiger partial charge is 0.396 e. The monoisotopic (exact) mass is 221 g/mol. The van der Waals surface area contributed by atoms with E-state index >= 15 is 0 Å². The zero-order chi connectivity index (χ0) is 10.6. The zero-order valence-electron chi connectivity index (χ0n) is 8.57. The van der Waals surface area contributed by atoms with Crippen molar-refractivity contribution in [2.24, 2.45) is 5.92 Å². The second-order valence-electron chi connectivity index (χ2n) is 4.08. The van der Waals surface area contributed by atoms with Crippen LogP contribution in [0.25, 0.3) is 0 Å². The maximum atomic E-state index is 11.1. The first-order chi connectivity index (χ1) is 6.53. The van der Waals surface area contributed by atoms with Crippen molar-refractivity contribution in [3.05, 3.63) is 0 Å². The topological polar surface area (TPSA) is 66.4 Å². The molecule has 2 N–H and O–H groups in total. The maximum absolute atomic E-state index is 11.1. The molecule has 1 aliphatic rings. The van der Waals surface area contributed by atoms with Gasteiger partial charge in [0, 0.05) is 12.6 Å². The number of aliphatic hydroxyl groups is 1. The van der Waals surface area contributed by atoms with Gasteiger partial charge < -0.3 is 5.11 Å². The van der Waals surface area contributed by atoms with E-state index in [2.05, 4.69) is 4.72 Å². The summed E-state index contributed by atoms with van der Waals surface area (Å²) in [5, 5.41) is 9.15. The highest BCUT2D eigenvalue weighted by molar-refractivity contribution is 7.88. The summed E-state index contributed by atoms with van der Waals surface area (Å²) < 4.78 is 24.8. The lowest BCUT2D eigenvalue weighted by Gasteiger charge is -2.23. The Morgan fingerprint density at radius 2 is 1.93 bits per heavy atom. The molecular weight excluding hydrogens is 202 g/mol. The van der Waals surface area contributed by atoms with E-state index in [9.17, 15) is 8.42 Å². The van der Waals surface area contributed by atoms with Crippen LogP contribution in [0.4, 0.5) is 0 Å². The molecule has 2 atom stereocenters. The number of hydrogen-bond donors (Lipinski definition) is 2. The van der Waals surface area contributed by atoms with Crippen LogP contribution in [0.15, 0.2) is 0 Å². The van der Waals surface area contributed by atoms with Crippen molar-refractivity contribution in [3.63, 3.8) is 0 Å². The van der Waals surface area contributed by atoms with Crippen LogP contribution in [0.2, 0.25) is 0 Å². The molecule has 14 heavy (non-hydrogen) atoms. The van der Waals surface area contributed by atoms with Crippen LogP contribution >= 0.6 is 0 Å². The van der Waals surface area contributed by atoms with Crippen molar-refractivity contribution in [3.8, 4) is 0 Å². The quantitative estimate of drug-likeness (QED) is 0.681.